The number of carbonyl (C=O) groups is 1. The van der Waals surface area contributed by atoms with E-state index in [1.165, 1.54) is 0 Å². The third kappa shape index (κ3) is 2.96. The summed E-state index contributed by atoms with van der Waals surface area (Å²) in [5.74, 6) is 0.768. The molecule has 0 aromatic carbocycles. The van der Waals surface area contributed by atoms with Crippen molar-refractivity contribution in [3.05, 3.63) is 34.7 Å². The third-order valence-electron chi connectivity index (χ3n) is 4.08. The highest BCUT2D eigenvalue weighted by Gasteiger charge is 2.30. The molecule has 0 radical (unpaired) electrons. The van der Waals surface area contributed by atoms with Gasteiger partial charge in [0.15, 0.2) is 0 Å². The number of amides is 1. The van der Waals surface area contributed by atoms with Gasteiger partial charge >= 0.3 is 0 Å². The molecule has 3 heterocycles. The minimum atomic E-state index is -0.0645. The van der Waals surface area contributed by atoms with E-state index < -0.39 is 0 Å². The lowest BCUT2D eigenvalue weighted by Gasteiger charge is -2.18. The Balaban J connectivity index is 1.74. The molecule has 2 aromatic heterocycles. The highest BCUT2D eigenvalue weighted by molar-refractivity contribution is 6.33. The van der Waals surface area contributed by atoms with Gasteiger partial charge in [0.2, 0.25) is 0 Å². The molecule has 1 unspecified atom stereocenters. The Morgan fingerprint density at radius 2 is 2.26 bits per heavy atom. The fourth-order valence-corrected chi connectivity index (χ4v) is 3.21. The number of likely N-dealkylation sites (tertiary alicyclic amines) is 1. The molecule has 1 amide bonds. The molecule has 3 N–H and O–H groups in total. The molecule has 1 atom stereocenters. The lowest BCUT2D eigenvalue weighted by Crippen LogP contribution is -2.28. The average Bonchev–Trinajstić information content (AvgIpc) is 3.14. The average molecular weight is 335 g/mol. The van der Waals surface area contributed by atoms with Gasteiger partial charge in [-0.15, -0.1) is 0 Å². The number of rotatable bonds is 3. The molecule has 1 aliphatic rings. The van der Waals surface area contributed by atoms with Crippen LogP contribution >= 0.6 is 11.6 Å². The van der Waals surface area contributed by atoms with Gasteiger partial charge in [-0.3, -0.25) is 9.89 Å². The highest BCUT2D eigenvalue weighted by atomic mass is 35.5. The molecule has 1 fully saturated rings. The van der Waals surface area contributed by atoms with Crippen LogP contribution in [0.25, 0.3) is 0 Å². The van der Waals surface area contributed by atoms with Crippen molar-refractivity contribution >= 4 is 29.0 Å². The minimum absolute atomic E-state index is 0.0645. The van der Waals surface area contributed by atoms with Crippen LogP contribution in [0.2, 0.25) is 5.02 Å². The first-order valence-electron chi connectivity index (χ1n) is 7.38. The number of aromatic amines is 1. The minimum Gasteiger partial charge on any atom is -0.396 e. The zero-order valence-corrected chi connectivity index (χ0v) is 13.8. The van der Waals surface area contributed by atoms with Crippen LogP contribution in [0, 0.1) is 0 Å². The summed E-state index contributed by atoms with van der Waals surface area (Å²) in [6.45, 7) is 1.29. The number of hydrogen-bond donors (Lipinski definition) is 2. The Bertz CT molecular complexity index is 729. The lowest BCUT2D eigenvalue weighted by atomic mass is 10.0. The predicted octanol–water partition coefficient (Wildman–Crippen LogP) is 1.74. The van der Waals surface area contributed by atoms with Crippen LogP contribution in [-0.2, 0) is 0 Å². The van der Waals surface area contributed by atoms with E-state index >= 15 is 0 Å². The molecule has 0 saturated carbocycles. The fraction of sp³-hybridized carbons (Fsp3) is 0.400. The van der Waals surface area contributed by atoms with Crippen LogP contribution in [0.3, 0.4) is 0 Å². The lowest BCUT2D eigenvalue weighted by molar-refractivity contribution is 0.0790. The summed E-state index contributed by atoms with van der Waals surface area (Å²) in [7, 11) is 3.71. The highest BCUT2D eigenvalue weighted by Crippen LogP contribution is 2.30. The molecular weight excluding hydrogens is 316 g/mol. The molecular formula is C15H19ClN6O. The first kappa shape index (κ1) is 15.6. The molecule has 0 aliphatic carbocycles. The molecule has 2 aromatic rings. The van der Waals surface area contributed by atoms with E-state index in [2.05, 4.69) is 15.2 Å². The number of nitrogens with zero attached hydrogens (tertiary/aromatic N) is 4. The Hall–Kier alpha value is -2.28. The van der Waals surface area contributed by atoms with Crippen LogP contribution in [0.4, 0.5) is 11.5 Å². The maximum Gasteiger partial charge on any atom is 0.255 e. The van der Waals surface area contributed by atoms with E-state index in [1.54, 1.807) is 23.4 Å². The number of pyridine rings is 1. The first-order chi connectivity index (χ1) is 11.0. The van der Waals surface area contributed by atoms with E-state index in [9.17, 15) is 4.79 Å². The summed E-state index contributed by atoms with van der Waals surface area (Å²) < 4.78 is 0. The normalized spacial score (nSPS) is 17.5. The molecule has 122 valence electrons. The molecule has 1 aliphatic heterocycles. The number of carbonyl (C=O) groups excluding carboxylic acids is 1. The van der Waals surface area contributed by atoms with Crippen LogP contribution in [0.15, 0.2) is 18.5 Å². The van der Waals surface area contributed by atoms with Crippen molar-refractivity contribution < 1.29 is 4.79 Å². The maximum absolute atomic E-state index is 12.6. The second-order valence-electron chi connectivity index (χ2n) is 5.90. The Morgan fingerprint density at radius 3 is 2.87 bits per heavy atom. The van der Waals surface area contributed by atoms with E-state index in [1.807, 2.05) is 19.0 Å². The van der Waals surface area contributed by atoms with Gasteiger partial charge in [0, 0.05) is 39.3 Å². The van der Waals surface area contributed by atoms with E-state index in [4.69, 9.17) is 17.3 Å². The standard InChI is InChI=1S/C15H19ClN6O/c1-21(2)14-11(16)5-10(6-18-14)15(23)22-4-3-9(8-22)13-12(17)7-19-20-13/h5-7,9H,3-4,8,17H2,1-2H3,(H,19,20). The SMILES string of the molecule is CN(C)c1ncc(C(=O)N2CCC(c3[nH]ncc3N)C2)cc1Cl. The quantitative estimate of drug-likeness (QED) is 0.892. The third-order valence-corrected chi connectivity index (χ3v) is 4.35. The number of H-pyrrole nitrogens is 1. The van der Waals surface area contributed by atoms with Gasteiger partial charge in [0.25, 0.3) is 5.91 Å². The van der Waals surface area contributed by atoms with Gasteiger partial charge in [0.1, 0.15) is 5.82 Å². The predicted molar refractivity (Wildman–Crippen MR) is 89.8 cm³/mol. The Labute approximate surface area is 139 Å². The largest absolute Gasteiger partial charge is 0.396 e. The summed E-state index contributed by atoms with van der Waals surface area (Å²) >= 11 is 6.20. The Morgan fingerprint density at radius 1 is 1.48 bits per heavy atom. The number of aromatic nitrogens is 3. The summed E-state index contributed by atoms with van der Waals surface area (Å²) in [5, 5.41) is 7.34. The van der Waals surface area contributed by atoms with Gasteiger partial charge in [0.05, 0.1) is 28.2 Å². The van der Waals surface area contributed by atoms with Crippen molar-refractivity contribution in [2.45, 2.75) is 12.3 Å². The van der Waals surface area contributed by atoms with Crippen LogP contribution in [-0.4, -0.2) is 53.2 Å². The summed E-state index contributed by atoms with van der Waals surface area (Å²) in [6.07, 6.45) is 4.03. The van der Waals surface area contributed by atoms with Gasteiger partial charge in [-0.2, -0.15) is 5.10 Å². The van der Waals surface area contributed by atoms with Gasteiger partial charge in [-0.25, -0.2) is 4.98 Å². The van der Waals surface area contributed by atoms with Gasteiger partial charge in [-0.1, -0.05) is 11.6 Å². The molecule has 1 saturated heterocycles. The monoisotopic (exact) mass is 334 g/mol. The second-order valence-corrected chi connectivity index (χ2v) is 6.31. The summed E-state index contributed by atoms with van der Waals surface area (Å²) in [6, 6.07) is 1.67. The van der Waals surface area contributed by atoms with Crippen LogP contribution < -0.4 is 10.6 Å². The molecule has 0 spiro atoms. The Kier molecular flexibility index (Phi) is 4.12. The van der Waals surface area contributed by atoms with E-state index in [0.29, 0.717) is 35.2 Å². The van der Waals surface area contributed by atoms with E-state index in [0.717, 1.165) is 12.1 Å². The van der Waals surface area contributed by atoms with Gasteiger partial charge < -0.3 is 15.5 Å². The van der Waals surface area contributed by atoms with E-state index in [-0.39, 0.29) is 11.8 Å². The summed E-state index contributed by atoms with van der Waals surface area (Å²) in [5.41, 5.74) is 7.93. The first-order valence-corrected chi connectivity index (χ1v) is 7.76. The number of anilines is 2. The zero-order valence-electron chi connectivity index (χ0n) is 13.1. The van der Waals surface area contributed by atoms with Crippen LogP contribution in [0.1, 0.15) is 28.4 Å². The van der Waals surface area contributed by atoms with Crippen molar-refractivity contribution in [2.75, 3.05) is 37.8 Å². The van der Waals surface area contributed by atoms with Crippen molar-refractivity contribution in [3.8, 4) is 0 Å². The number of halogens is 1. The van der Waals surface area contributed by atoms with Crippen molar-refractivity contribution in [1.29, 1.82) is 0 Å². The van der Waals surface area contributed by atoms with Crippen LogP contribution in [0.5, 0.6) is 0 Å². The van der Waals surface area contributed by atoms with Gasteiger partial charge in [-0.05, 0) is 12.5 Å². The second kappa shape index (κ2) is 6.08. The molecule has 23 heavy (non-hydrogen) atoms. The molecule has 0 bridgehead atoms. The number of hydrogen-bond acceptors (Lipinski definition) is 5. The molecule has 7 nitrogen and oxygen atoms in total. The smallest absolute Gasteiger partial charge is 0.255 e. The summed E-state index contributed by atoms with van der Waals surface area (Å²) in [4.78, 5) is 20.5. The van der Waals surface area contributed by atoms with Crippen molar-refractivity contribution in [3.63, 3.8) is 0 Å². The van der Waals surface area contributed by atoms with Crippen molar-refractivity contribution in [1.82, 2.24) is 20.1 Å². The number of nitrogen functional groups attached to an aromatic ring is 1. The topological polar surface area (TPSA) is 91.1 Å². The number of nitrogens with two attached hydrogens (primary N) is 1. The zero-order chi connectivity index (χ0) is 16.6. The molecule has 3 rings (SSSR count). The van der Waals surface area contributed by atoms with Crippen molar-refractivity contribution in [2.24, 2.45) is 0 Å². The fourth-order valence-electron chi connectivity index (χ4n) is 2.87. The maximum atomic E-state index is 12.6. The number of nitrogens with one attached hydrogen (secondary N) is 1. The molecule has 8 heteroatoms.